The molecule has 2 N–H and O–H groups in total. The van der Waals surface area contributed by atoms with Gasteiger partial charge in [0.05, 0.1) is 18.5 Å². The smallest absolute Gasteiger partial charge is 0.150 e. The molecule has 7 nitrogen and oxygen atoms in total. The molecule has 0 aliphatic heterocycles. The number of aromatic hydroxyl groups is 1. The molecule has 5 aromatic carbocycles. The number of rotatable bonds is 7. The molecule has 0 saturated heterocycles. The summed E-state index contributed by atoms with van der Waals surface area (Å²) in [6, 6.07) is 32.5. The molecule has 0 unspecified atom stereocenters. The topological polar surface area (TPSA) is 90.9 Å². The van der Waals surface area contributed by atoms with Crippen molar-refractivity contribution in [2.45, 2.75) is 6.92 Å². The standard InChI is InChI=1S/C30H25N5O2/c1-20-17-28(29(37-2)19-27(20)34-32-23-11-7-4-8-12-23)35-33-26-16-13-21-18-24(14-15-25(21)30(26)36)31-22-9-5-3-6-10-22/h3-19,31,36H,1-2H3/b34-32+,35-33-. The molecule has 37 heavy (non-hydrogen) atoms. The molecule has 5 aromatic rings. The maximum absolute atomic E-state index is 10.9. The van der Waals surface area contributed by atoms with Crippen LogP contribution < -0.4 is 10.1 Å². The van der Waals surface area contributed by atoms with Crippen LogP contribution in [0.1, 0.15) is 5.56 Å². The molecule has 0 aliphatic carbocycles. The van der Waals surface area contributed by atoms with Crippen molar-refractivity contribution in [3.8, 4) is 11.5 Å². The molecule has 182 valence electrons. The Balaban J connectivity index is 1.40. The van der Waals surface area contributed by atoms with Gasteiger partial charge in [-0.2, -0.15) is 10.2 Å². The Labute approximate surface area is 214 Å². The number of benzene rings is 5. The molecule has 0 radical (unpaired) electrons. The van der Waals surface area contributed by atoms with Crippen molar-refractivity contribution < 1.29 is 9.84 Å². The summed E-state index contributed by atoms with van der Waals surface area (Å²) in [6.45, 7) is 1.92. The van der Waals surface area contributed by atoms with E-state index < -0.39 is 0 Å². The summed E-state index contributed by atoms with van der Waals surface area (Å²) in [6.07, 6.45) is 0. The summed E-state index contributed by atoms with van der Waals surface area (Å²) in [7, 11) is 1.57. The van der Waals surface area contributed by atoms with Crippen molar-refractivity contribution >= 4 is 44.9 Å². The van der Waals surface area contributed by atoms with Crippen LogP contribution >= 0.6 is 0 Å². The van der Waals surface area contributed by atoms with Crippen LogP contribution in [0.3, 0.4) is 0 Å². The average Bonchev–Trinajstić information content (AvgIpc) is 2.93. The molecule has 0 saturated carbocycles. The van der Waals surface area contributed by atoms with E-state index >= 15 is 0 Å². The molecule has 0 bridgehead atoms. The van der Waals surface area contributed by atoms with Gasteiger partial charge in [-0.05, 0) is 72.5 Å². The summed E-state index contributed by atoms with van der Waals surface area (Å²) in [4.78, 5) is 0. The number of ether oxygens (including phenoxy) is 1. The van der Waals surface area contributed by atoms with Gasteiger partial charge in [0.15, 0.2) is 5.75 Å². The highest BCUT2D eigenvalue weighted by Gasteiger charge is 2.10. The lowest BCUT2D eigenvalue weighted by atomic mass is 10.1. The first-order valence-electron chi connectivity index (χ1n) is 11.8. The van der Waals surface area contributed by atoms with Crippen molar-refractivity contribution in [3.05, 3.63) is 109 Å². The van der Waals surface area contributed by atoms with Gasteiger partial charge in [0.2, 0.25) is 0 Å². The van der Waals surface area contributed by atoms with Crippen LogP contribution in [0.2, 0.25) is 0 Å². The lowest BCUT2D eigenvalue weighted by Gasteiger charge is -2.10. The fourth-order valence-corrected chi connectivity index (χ4v) is 3.87. The van der Waals surface area contributed by atoms with Crippen LogP contribution in [-0.2, 0) is 0 Å². The van der Waals surface area contributed by atoms with Crippen LogP contribution in [0.4, 0.5) is 34.1 Å². The van der Waals surface area contributed by atoms with E-state index in [1.54, 1.807) is 19.2 Å². The predicted octanol–water partition coefficient (Wildman–Crippen LogP) is 9.44. The van der Waals surface area contributed by atoms with Crippen LogP contribution in [0, 0.1) is 6.92 Å². The maximum atomic E-state index is 10.9. The number of hydrogen-bond acceptors (Lipinski definition) is 7. The van der Waals surface area contributed by atoms with Gasteiger partial charge in [0.1, 0.15) is 17.1 Å². The second kappa shape index (κ2) is 10.7. The van der Waals surface area contributed by atoms with Crippen molar-refractivity contribution in [2.75, 3.05) is 12.4 Å². The highest BCUT2D eigenvalue weighted by atomic mass is 16.5. The Kier molecular flexibility index (Phi) is 6.85. The molecule has 5 rings (SSSR count). The van der Waals surface area contributed by atoms with Gasteiger partial charge in [0.25, 0.3) is 0 Å². The third kappa shape index (κ3) is 5.46. The number of hydrogen-bond donors (Lipinski definition) is 2. The summed E-state index contributed by atoms with van der Waals surface area (Å²) in [5.41, 5.74) is 5.12. The molecule has 0 heterocycles. The van der Waals surface area contributed by atoms with E-state index in [0.717, 1.165) is 28.0 Å². The third-order valence-electron chi connectivity index (χ3n) is 5.82. The number of phenols is 1. The molecule has 0 fully saturated rings. The largest absolute Gasteiger partial charge is 0.505 e. The zero-order valence-electron chi connectivity index (χ0n) is 20.5. The Hall–Kier alpha value is -5.04. The normalized spacial score (nSPS) is 11.4. The molecule has 0 aromatic heterocycles. The minimum Gasteiger partial charge on any atom is -0.505 e. The monoisotopic (exact) mass is 487 g/mol. The van der Waals surface area contributed by atoms with Crippen molar-refractivity contribution in [3.63, 3.8) is 0 Å². The zero-order valence-corrected chi connectivity index (χ0v) is 20.5. The lowest BCUT2D eigenvalue weighted by Crippen LogP contribution is -1.89. The van der Waals surface area contributed by atoms with E-state index in [1.807, 2.05) is 97.9 Å². The minimum atomic E-state index is 0.0662. The second-order valence-electron chi connectivity index (χ2n) is 8.41. The Morgan fingerprint density at radius 3 is 2.11 bits per heavy atom. The second-order valence-corrected chi connectivity index (χ2v) is 8.41. The van der Waals surface area contributed by atoms with E-state index in [0.29, 0.717) is 28.2 Å². The summed E-state index contributed by atoms with van der Waals surface area (Å²) >= 11 is 0. The number of nitrogens with zero attached hydrogens (tertiary/aromatic N) is 4. The van der Waals surface area contributed by atoms with E-state index in [2.05, 4.69) is 25.8 Å². The van der Waals surface area contributed by atoms with Gasteiger partial charge < -0.3 is 15.2 Å². The van der Waals surface area contributed by atoms with Gasteiger partial charge in [-0.15, -0.1) is 10.2 Å². The number of fused-ring (bicyclic) bond motifs is 1. The van der Waals surface area contributed by atoms with Crippen molar-refractivity contribution in [2.24, 2.45) is 20.5 Å². The van der Waals surface area contributed by atoms with Gasteiger partial charge in [0, 0.05) is 22.8 Å². The Bertz CT molecular complexity index is 1600. The Morgan fingerprint density at radius 1 is 0.649 bits per heavy atom. The zero-order chi connectivity index (χ0) is 25.6. The highest BCUT2D eigenvalue weighted by molar-refractivity contribution is 5.94. The van der Waals surface area contributed by atoms with Gasteiger partial charge in [-0.3, -0.25) is 0 Å². The molecule has 7 heteroatoms. The fourth-order valence-electron chi connectivity index (χ4n) is 3.87. The van der Waals surface area contributed by atoms with E-state index in [1.165, 1.54) is 0 Å². The van der Waals surface area contributed by atoms with Crippen LogP contribution in [0.15, 0.2) is 124 Å². The predicted molar refractivity (Wildman–Crippen MR) is 148 cm³/mol. The van der Waals surface area contributed by atoms with Crippen LogP contribution in [0.25, 0.3) is 10.8 Å². The van der Waals surface area contributed by atoms with E-state index in [4.69, 9.17) is 4.74 Å². The molecule has 0 aliphatic rings. The SMILES string of the molecule is COc1cc(/N=N/c2ccccc2)c(C)cc1/N=N\c1ccc2cc(Nc3ccccc3)ccc2c1O. The highest BCUT2D eigenvalue weighted by Crippen LogP contribution is 2.40. The first-order valence-corrected chi connectivity index (χ1v) is 11.8. The van der Waals surface area contributed by atoms with Gasteiger partial charge in [-0.25, -0.2) is 0 Å². The van der Waals surface area contributed by atoms with Crippen molar-refractivity contribution in [1.29, 1.82) is 0 Å². The van der Waals surface area contributed by atoms with Crippen LogP contribution in [0.5, 0.6) is 11.5 Å². The quantitative estimate of drug-likeness (QED) is 0.224. The first-order chi connectivity index (χ1) is 18.1. The number of anilines is 2. The third-order valence-corrected chi connectivity index (χ3v) is 5.82. The summed E-state index contributed by atoms with van der Waals surface area (Å²) < 4.78 is 5.52. The fraction of sp³-hybridized carbons (Fsp3) is 0.0667. The lowest BCUT2D eigenvalue weighted by molar-refractivity contribution is 0.416. The Morgan fingerprint density at radius 2 is 1.35 bits per heavy atom. The molecular weight excluding hydrogens is 462 g/mol. The molecule has 0 atom stereocenters. The van der Waals surface area contributed by atoms with E-state index in [9.17, 15) is 5.11 Å². The molecule has 0 spiro atoms. The molecule has 0 amide bonds. The first kappa shape index (κ1) is 23.7. The number of methoxy groups -OCH3 is 1. The summed E-state index contributed by atoms with van der Waals surface area (Å²) in [5.74, 6) is 0.574. The maximum Gasteiger partial charge on any atom is 0.150 e. The number of phenolic OH excluding ortho intramolecular Hbond substituents is 1. The molecular formula is C30H25N5O2. The van der Waals surface area contributed by atoms with Crippen LogP contribution in [-0.4, -0.2) is 12.2 Å². The number of aryl methyl sites for hydroxylation is 1. The van der Waals surface area contributed by atoms with E-state index in [-0.39, 0.29) is 5.75 Å². The average molecular weight is 488 g/mol. The van der Waals surface area contributed by atoms with Crippen molar-refractivity contribution in [1.82, 2.24) is 0 Å². The number of azo groups is 2. The van der Waals surface area contributed by atoms with Gasteiger partial charge >= 0.3 is 0 Å². The number of para-hydroxylation sites is 1. The summed E-state index contributed by atoms with van der Waals surface area (Å²) in [5, 5.41) is 33.1. The minimum absolute atomic E-state index is 0.0662. The number of nitrogens with one attached hydrogen (secondary N) is 1. The van der Waals surface area contributed by atoms with Gasteiger partial charge in [-0.1, -0.05) is 42.5 Å².